The fourth-order valence-electron chi connectivity index (χ4n) is 1.61. The van der Waals surface area contributed by atoms with Crippen LogP contribution in [0.3, 0.4) is 0 Å². The molecule has 4 atom stereocenters. The fraction of sp³-hybridized carbons (Fsp3) is 1.00. The Labute approximate surface area is 93.3 Å². The van der Waals surface area contributed by atoms with Gasteiger partial charge >= 0.3 is 0 Å². The summed E-state index contributed by atoms with van der Waals surface area (Å²) >= 11 is 0. The zero-order chi connectivity index (χ0) is 12.2. The molecule has 7 nitrogen and oxygen atoms in total. The Kier molecular flexibility index (Phi) is 5.06. The Hall–Kier alpha value is -0.280. The molecule has 0 aromatic heterocycles. The van der Waals surface area contributed by atoms with Crippen LogP contribution < -0.4 is 5.32 Å². The van der Waals surface area contributed by atoms with Crippen molar-refractivity contribution in [2.24, 2.45) is 0 Å². The third-order valence-corrected chi connectivity index (χ3v) is 2.61. The van der Waals surface area contributed by atoms with Gasteiger partial charge in [0, 0.05) is 13.2 Å². The molecule has 96 valence electrons. The van der Waals surface area contributed by atoms with E-state index in [4.69, 9.17) is 14.9 Å². The molecule has 1 rings (SSSR count). The molecule has 16 heavy (non-hydrogen) atoms. The highest BCUT2D eigenvalue weighted by atomic mass is 16.7. The Balaban J connectivity index is 2.39. The van der Waals surface area contributed by atoms with Gasteiger partial charge in [0.1, 0.15) is 18.3 Å². The quantitative estimate of drug-likeness (QED) is 0.268. The molecule has 0 amide bonds. The monoisotopic (exact) mass is 237 g/mol. The summed E-state index contributed by atoms with van der Waals surface area (Å²) in [6.07, 6.45) is -3.00. The summed E-state index contributed by atoms with van der Waals surface area (Å²) in [4.78, 5) is 0. The average molecular weight is 237 g/mol. The van der Waals surface area contributed by atoms with E-state index in [2.05, 4.69) is 5.32 Å². The maximum Gasteiger partial charge on any atom is 0.219 e. The van der Waals surface area contributed by atoms with E-state index in [-0.39, 0.29) is 13.2 Å². The first kappa shape index (κ1) is 13.8. The topological polar surface area (TPSA) is 122 Å². The van der Waals surface area contributed by atoms with Gasteiger partial charge in [0.15, 0.2) is 0 Å². The predicted molar refractivity (Wildman–Crippen MR) is 53.5 cm³/mol. The number of hydrogen-bond acceptors (Lipinski definition) is 7. The molecule has 1 aliphatic rings. The van der Waals surface area contributed by atoms with Crippen molar-refractivity contribution >= 4 is 0 Å². The summed E-state index contributed by atoms with van der Waals surface area (Å²) in [6.45, 7) is 0.0416. The fourth-order valence-corrected chi connectivity index (χ4v) is 1.61. The maximum atomic E-state index is 9.56. The lowest BCUT2D eigenvalue weighted by molar-refractivity contribution is -0.245. The number of aliphatic hydroxyl groups excluding tert-OH is 4. The van der Waals surface area contributed by atoms with Crippen molar-refractivity contribution in [3.63, 3.8) is 0 Å². The molecule has 0 spiro atoms. The standard InChI is InChI=1S/C9H19NO6/c11-3-1-2-10-4-6-7(13)8(14)9(15,5-12)16-6/h6-8,10-15H,1-5H2/t6-,7+,8-,9+/m0/s1. The van der Waals surface area contributed by atoms with Gasteiger partial charge in [0.05, 0.1) is 6.61 Å². The molecule has 0 saturated carbocycles. The summed E-state index contributed by atoms with van der Waals surface area (Å²) in [6, 6.07) is 0. The van der Waals surface area contributed by atoms with E-state index in [1.54, 1.807) is 0 Å². The Bertz CT molecular complexity index is 216. The molecule has 1 aliphatic heterocycles. The number of rotatable bonds is 6. The molecule has 1 fully saturated rings. The van der Waals surface area contributed by atoms with Crippen LogP contribution in [0.2, 0.25) is 0 Å². The highest BCUT2D eigenvalue weighted by molar-refractivity contribution is 4.95. The molecule has 0 aromatic rings. The molecule has 0 aromatic carbocycles. The molecule has 0 aliphatic carbocycles. The van der Waals surface area contributed by atoms with Crippen molar-refractivity contribution < 1.29 is 30.3 Å². The van der Waals surface area contributed by atoms with Gasteiger partial charge in [-0.3, -0.25) is 0 Å². The number of aliphatic hydroxyl groups is 5. The highest BCUT2D eigenvalue weighted by Crippen LogP contribution is 2.28. The lowest BCUT2D eigenvalue weighted by Gasteiger charge is -2.22. The number of ether oxygens (including phenoxy) is 1. The second-order valence-corrected chi connectivity index (χ2v) is 3.88. The Morgan fingerprint density at radius 3 is 2.44 bits per heavy atom. The van der Waals surface area contributed by atoms with Crippen LogP contribution in [0.15, 0.2) is 0 Å². The normalized spacial score (nSPS) is 39.2. The number of hydrogen-bond donors (Lipinski definition) is 6. The third kappa shape index (κ3) is 2.89. The predicted octanol–water partition coefficient (Wildman–Crippen LogP) is -3.24. The van der Waals surface area contributed by atoms with E-state index in [1.165, 1.54) is 0 Å². The minimum atomic E-state index is -2.09. The van der Waals surface area contributed by atoms with Crippen molar-refractivity contribution in [3.05, 3.63) is 0 Å². The number of nitrogens with one attached hydrogen (secondary N) is 1. The maximum absolute atomic E-state index is 9.56. The van der Waals surface area contributed by atoms with Gasteiger partial charge in [-0.25, -0.2) is 0 Å². The summed E-state index contributed by atoms with van der Waals surface area (Å²) in [5, 5.41) is 48.8. The molecular formula is C9H19NO6. The minimum Gasteiger partial charge on any atom is -0.396 e. The van der Waals surface area contributed by atoms with Crippen LogP contribution in [-0.2, 0) is 4.74 Å². The molecule has 0 radical (unpaired) electrons. The van der Waals surface area contributed by atoms with Gasteiger partial charge in [-0.1, -0.05) is 0 Å². The highest BCUT2D eigenvalue weighted by Gasteiger charge is 2.52. The van der Waals surface area contributed by atoms with Crippen molar-refractivity contribution in [1.29, 1.82) is 0 Å². The van der Waals surface area contributed by atoms with Crippen LogP contribution >= 0.6 is 0 Å². The average Bonchev–Trinajstić information content (AvgIpc) is 2.50. The summed E-state index contributed by atoms with van der Waals surface area (Å²) < 4.78 is 4.98. The van der Waals surface area contributed by atoms with E-state index >= 15 is 0 Å². The van der Waals surface area contributed by atoms with Gasteiger partial charge < -0.3 is 35.6 Å². The third-order valence-electron chi connectivity index (χ3n) is 2.61. The van der Waals surface area contributed by atoms with E-state index < -0.39 is 30.7 Å². The Morgan fingerprint density at radius 2 is 1.94 bits per heavy atom. The SMILES string of the molecule is OCCCNC[C@@H]1O[C@](O)(CO)[C@@H](O)[C@@H]1O. The first-order valence-corrected chi connectivity index (χ1v) is 5.24. The van der Waals surface area contributed by atoms with Crippen LogP contribution in [0, 0.1) is 0 Å². The largest absolute Gasteiger partial charge is 0.396 e. The summed E-state index contributed by atoms with van der Waals surface area (Å²) in [7, 11) is 0. The van der Waals surface area contributed by atoms with Crippen LogP contribution in [0.25, 0.3) is 0 Å². The first-order chi connectivity index (χ1) is 7.55. The van der Waals surface area contributed by atoms with E-state index in [0.29, 0.717) is 13.0 Å². The summed E-state index contributed by atoms with van der Waals surface area (Å²) in [5.41, 5.74) is 0. The smallest absolute Gasteiger partial charge is 0.219 e. The molecule has 1 heterocycles. The molecule has 6 N–H and O–H groups in total. The lowest BCUT2D eigenvalue weighted by atomic mass is 10.1. The van der Waals surface area contributed by atoms with Gasteiger partial charge in [-0.05, 0) is 13.0 Å². The van der Waals surface area contributed by atoms with Crippen LogP contribution in [0.5, 0.6) is 0 Å². The van der Waals surface area contributed by atoms with Crippen LogP contribution in [0.4, 0.5) is 0 Å². The molecule has 1 saturated heterocycles. The summed E-state index contributed by atoms with van der Waals surface area (Å²) in [5.74, 6) is -2.09. The lowest BCUT2D eigenvalue weighted by Crippen LogP contribution is -2.46. The Morgan fingerprint density at radius 1 is 1.25 bits per heavy atom. The molecule has 0 unspecified atom stereocenters. The van der Waals surface area contributed by atoms with Crippen molar-refractivity contribution in [2.45, 2.75) is 30.5 Å². The van der Waals surface area contributed by atoms with Gasteiger partial charge in [-0.2, -0.15) is 0 Å². The van der Waals surface area contributed by atoms with Crippen molar-refractivity contribution in [1.82, 2.24) is 5.32 Å². The zero-order valence-electron chi connectivity index (χ0n) is 8.91. The van der Waals surface area contributed by atoms with Gasteiger partial charge in [-0.15, -0.1) is 0 Å². The molecule has 0 bridgehead atoms. The van der Waals surface area contributed by atoms with Gasteiger partial charge in [0.25, 0.3) is 0 Å². The van der Waals surface area contributed by atoms with E-state index in [1.807, 2.05) is 0 Å². The van der Waals surface area contributed by atoms with Crippen LogP contribution in [0.1, 0.15) is 6.42 Å². The first-order valence-electron chi connectivity index (χ1n) is 5.24. The van der Waals surface area contributed by atoms with E-state index in [9.17, 15) is 15.3 Å². The van der Waals surface area contributed by atoms with Crippen LogP contribution in [-0.4, -0.2) is 75.9 Å². The van der Waals surface area contributed by atoms with Crippen molar-refractivity contribution in [3.8, 4) is 0 Å². The van der Waals surface area contributed by atoms with Gasteiger partial charge in [0.2, 0.25) is 5.79 Å². The molecular weight excluding hydrogens is 218 g/mol. The zero-order valence-corrected chi connectivity index (χ0v) is 8.91. The second kappa shape index (κ2) is 5.87. The molecule has 7 heteroatoms. The minimum absolute atomic E-state index is 0.0598. The second-order valence-electron chi connectivity index (χ2n) is 3.88. The van der Waals surface area contributed by atoms with Crippen molar-refractivity contribution in [2.75, 3.05) is 26.3 Å². The van der Waals surface area contributed by atoms with E-state index in [0.717, 1.165) is 0 Å².